The highest BCUT2D eigenvalue weighted by molar-refractivity contribution is 9.10. The first kappa shape index (κ1) is 14.1. The van der Waals surface area contributed by atoms with E-state index in [9.17, 15) is 13.2 Å². The molecule has 1 aromatic heterocycles. The fourth-order valence-corrected chi connectivity index (χ4v) is 1.97. The topological polar surface area (TPSA) is 88.2 Å². The number of hydrogen-bond acceptors (Lipinski definition) is 4. The summed E-state index contributed by atoms with van der Waals surface area (Å²) in [7, 11) is -3.22. The molecule has 0 aliphatic heterocycles. The quantitative estimate of drug-likeness (QED) is 0.595. The first-order valence-electron chi connectivity index (χ1n) is 4.73. The minimum Gasteiger partial charge on any atom is -0.351 e. The second kappa shape index (κ2) is 6.08. The summed E-state index contributed by atoms with van der Waals surface area (Å²) >= 11 is 3.15. The SMILES string of the molecule is CS(=O)(=O)NCCNC(=O)c1cccnc1Br. The van der Waals surface area contributed by atoms with Gasteiger partial charge in [-0.2, -0.15) is 0 Å². The molecule has 17 heavy (non-hydrogen) atoms. The first-order valence-corrected chi connectivity index (χ1v) is 7.42. The van der Waals surface area contributed by atoms with Crippen molar-refractivity contribution in [2.75, 3.05) is 19.3 Å². The Bertz CT molecular complexity index is 504. The zero-order valence-electron chi connectivity index (χ0n) is 9.10. The molecule has 0 saturated carbocycles. The molecule has 1 rings (SSSR count). The summed E-state index contributed by atoms with van der Waals surface area (Å²) in [4.78, 5) is 15.5. The fourth-order valence-electron chi connectivity index (χ4n) is 1.06. The number of aromatic nitrogens is 1. The van der Waals surface area contributed by atoms with Crippen LogP contribution in [0.3, 0.4) is 0 Å². The number of rotatable bonds is 5. The van der Waals surface area contributed by atoms with Gasteiger partial charge in [-0.15, -0.1) is 0 Å². The standard InChI is InChI=1S/C9H12BrN3O3S/c1-17(15,16)13-6-5-12-9(14)7-3-2-4-11-8(7)10/h2-4,13H,5-6H2,1H3,(H,12,14). The first-order chi connectivity index (χ1) is 7.90. The Hall–Kier alpha value is -0.990. The average Bonchev–Trinajstić information content (AvgIpc) is 2.23. The van der Waals surface area contributed by atoms with Crippen molar-refractivity contribution in [3.63, 3.8) is 0 Å². The molecule has 0 fully saturated rings. The molecule has 1 amide bonds. The van der Waals surface area contributed by atoms with E-state index in [4.69, 9.17) is 0 Å². The third kappa shape index (κ3) is 5.24. The second-order valence-corrected chi connectivity index (χ2v) is 5.85. The summed E-state index contributed by atoms with van der Waals surface area (Å²) < 4.78 is 24.2. The van der Waals surface area contributed by atoms with Gasteiger partial charge in [-0.05, 0) is 28.1 Å². The summed E-state index contributed by atoms with van der Waals surface area (Å²) in [6.07, 6.45) is 2.62. The molecule has 0 aromatic carbocycles. The lowest BCUT2D eigenvalue weighted by Gasteiger charge is -2.06. The third-order valence-corrected chi connectivity index (χ3v) is 3.14. The zero-order chi connectivity index (χ0) is 12.9. The highest BCUT2D eigenvalue weighted by Crippen LogP contribution is 2.11. The van der Waals surface area contributed by atoms with E-state index >= 15 is 0 Å². The maximum atomic E-state index is 11.6. The molecule has 0 atom stereocenters. The van der Waals surface area contributed by atoms with Gasteiger partial charge >= 0.3 is 0 Å². The Labute approximate surface area is 108 Å². The van der Waals surface area contributed by atoms with Crippen molar-refractivity contribution < 1.29 is 13.2 Å². The lowest BCUT2D eigenvalue weighted by atomic mass is 10.3. The van der Waals surface area contributed by atoms with Crippen LogP contribution in [-0.2, 0) is 10.0 Å². The van der Waals surface area contributed by atoms with E-state index in [-0.39, 0.29) is 19.0 Å². The van der Waals surface area contributed by atoms with Gasteiger partial charge in [0.05, 0.1) is 11.8 Å². The van der Waals surface area contributed by atoms with Crippen LogP contribution < -0.4 is 10.0 Å². The minimum atomic E-state index is -3.22. The number of halogens is 1. The maximum Gasteiger partial charge on any atom is 0.254 e. The Kier molecular flexibility index (Phi) is 5.03. The van der Waals surface area contributed by atoms with Crippen LogP contribution in [-0.4, -0.2) is 38.7 Å². The highest BCUT2D eigenvalue weighted by Gasteiger charge is 2.09. The molecule has 0 bridgehead atoms. The molecule has 8 heteroatoms. The van der Waals surface area contributed by atoms with Crippen molar-refractivity contribution in [1.29, 1.82) is 0 Å². The smallest absolute Gasteiger partial charge is 0.254 e. The summed E-state index contributed by atoms with van der Waals surface area (Å²) in [5.41, 5.74) is 0.409. The largest absolute Gasteiger partial charge is 0.351 e. The normalized spacial score (nSPS) is 11.2. The number of nitrogens with zero attached hydrogens (tertiary/aromatic N) is 1. The molecule has 1 heterocycles. The lowest BCUT2D eigenvalue weighted by molar-refractivity contribution is 0.0953. The molecule has 2 N–H and O–H groups in total. The zero-order valence-corrected chi connectivity index (χ0v) is 11.5. The summed E-state index contributed by atoms with van der Waals surface area (Å²) in [5.74, 6) is -0.305. The van der Waals surface area contributed by atoms with Crippen LogP contribution in [0.5, 0.6) is 0 Å². The number of hydrogen-bond donors (Lipinski definition) is 2. The van der Waals surface area contributed by atoms with Crippen molar-refractivity contribution in [3.8, 4) is 0 Å². The summed E-state index contributed by atoms with van der Waals surface area (Å²) in [5, 5.41) is 2.58. The predicted octanol–water partition coefficient (Wildman–Crippen LogP) is 0.123. The molecule has 1 aromatic rings. The molecule has 0 aliphatic carbocycles. The van der Waals surface area contributed by atoms with Crippen molar-refractivity contribution in [1.82, 2.24) is 15.0 Å². The van der Waals surface area contributed by atoms with Gasteiger partial charge in [0, 0.05) is 19.3 Å². The number of sulfonamides is 1. The van der Waals surface area contributed by atoms with E-state index in [0.717, 1.165) is 6.26 Å². The Morgan fingerprint density at radius 3 is 2.76 bits per heavy atom. The van der Waals surface area contributed by atoms with Gasteiger partial charge in [0.15, 0.2) is 0 Å². The molecule has 0 spiro atoms. The maximum absolute atomic E-state index is 11.6. The van der Waals surface area contributed by atoms with E-state index in [0.29, 0.717) is 10.2 Å². The minimum absolute atomic E-state index is 0.155. The lowest BCUT2D eigenvalue weighted by Crippen LogP contribution is -2.34. The summed E-state index contributed by atoms with van der Waals surface area (Å²) in [6, 6.07) is 3.27. The van der Waals surface area contributed by atoms with E-state index in [1.165, 1.54) is 0 Å². The van der Waals surface area contributed by atoms with Gasteiger partial charge in [-0.3, -0.25) is 4.79 Å². The van der Waals surface area contributed by atoms with Crippen LogP contribution in [0.1, 0.15) is 10.4 Å². The van der Waals surface area contributed by atoms with Crippen LogP contribution in [0.4, 0.5) is 0 Å². The van der Waals surface area contributed by atoms with Crippen LogP contribution >= 0.6 is 15.9 Å². The fraction of sp³-hybridized carbons (Fsp3) is 0.333. The average molecular weight is 322 g/mol. The number of pyridine rings is 1. The molecule has 0 unspecified atom stereocenters. The van der Waals surface area contributed by atoms with E-state index < -0.39 is 10.0 Å². The van der Waals surface area contributed by atoms with Gasteiger partial charge in [0.25, 0.3) is 5.91 Å². The molecule has 6 nitrogen and oxygen atoms in total. The number of carbonyl (C=O) groups is 1. The van der Waals surface area contributed by atoms with E-state index in [1.54, 1.807) is 18.3 Å². The molecule has 94 valence electrons. The number of nitrogens with one attached hydrogen (secondary N) is 2. The monoisotopic (exact) mass is 321 g/mol. The number of carbonyl (C=O) groups excluding carboxylic acids is 1. The van der Waals surface area contributed by atoms with Crippen molar-refractivity contribution in [2.45, 2.75) is 0 Å². The molecule has 0 aliphatic rings. The Morgan fingerprint density at radius 1 is 1.47 bits per heavy atom. The molecule has 0 radical (unpaired) electrons. The van der Waals surface area contributed by atoms with Gasteiger partial charge in [-0.25, -0.2) is 18.1 Å². The predicted molar refractivity (Wildman–Crippen MR) is 67.1 cm³/mol. The van der Waals surface area contributed by atoms with Gasteiger partial charge in [0.2, 0.25) is 10.0 Å². The van der Waals surface area contributed by atoms with Crippen LogP contribution in [0, 0.1) is 0 Å². The second-order valence-electron chi connectivity index (χ2n) is 3.26. The highest BCUT2D eigenvalue weighted by atomic mass is 79.9. The van der Waals surface area contributed by atoms with Crippen LogP contribution in [0.15, 0.2) is 22.9 Å². The van der Waals surface area contributed by atoms with Crippen molar-refractivity contribution in [2.24, 2.45) is 0 Å². The van der Waals surface area contributed by atoms with Crippen LogP contribution in [0.2, 0.25) is 0 Å². The number of amides is 1. The summed E-state index contributed by atoms with van der Waals surface area (Å²) in [6.45, 7) is 0.371. The molecular weight excluding hydrogens is 310 g/mol. The van der Waals surface area contributed by atoms with E-state index in [1.807, 2.05) is 0 Å². The van der Waals surface area contributed by atoms with Gasteiger partial charge in [-0.1, -0.05) is 0 Å². The third-order valence-electron chi connectivity index (χ3n) is 1.78. The van der Waals surface area contributed by atoms with E-state index in [2.05, 4.69) is 31.0 Å². The molecular formula is C9H12BrN3O3S. The van der Waals surface area contributed by atoms with Gasteiger partial charge in [0.1, 0.15) is 4.60 Å². The van der Waals surface area contributed by atoms with Crippen LogP contribution in [0.25, 0.3) is 0 Å². The Balaban J connectivity index is 2.44. The van der Waals surface area contributed by atoms with Crippen molar-refractivity contribution in [3.05, 3.63) is 28.5 Å². The Morgan fingerprint density at radius 2 is 2.18 bits per heavy atom. The molecule has 0 saturated heterocycles. The van der Waals surface area contributed by atoms with Gasteiger partial charge < -0.3 is 5.32 Å². The van der Waals surface area contributed by atoms with Crippen molar-refractivity contribution >= 4 is 31.9 Å².